The fourth-order valence-electron chi connectivity index (χ4n) is 7.78. The molecule has 1 unspecified atom stereocenters. The van der Waals surface area contributed by atoms with Gasteiger partial charge in [-0.3, -0.25) is 0 Å². The fourth-order valence-corrected chi connectivity index (χ4v) is 22.1. The number of ether oxygens (including phenoxy) is 6. The summed E-state index contributed by atoms with van der Waals surface area (Å²) in [5, 5.41) is 39.8. The Morgan fingerprint density at radius 1 is 0.457 bits per heavy atom. The maximum atomic E-state index is 12.2. The van der Waals surface area contributed by atoms with Gasteiger partial charge in [-0.15, -0.1) is 0 Å². The van der Waals surface area contributed by atoms with Crippen LogP contribution in [0.2, 0.25) is 0 Å². The molecule has 21 nitrogen and oxygen atoms in total. The summed E-state index contributed by atoms with van der Waals surface area (Å²) >= 11 is 3.10. The van der Waals surface area contributed by atoms with E-state index in [1.54, 1.807) is 62.3 Å². The molecule has 15 atom stereocenters. The molecule has 0 bridgehead atoms. The second-order valence-electron chi connectivity index (χ2n) is 20.5. The van der Waals surface area contributed by atoms with Gasteiger partial charge < -0.3 is 0 Å². The Bertz CT molecular complexity index is 2250. The zero-order chi connectivity index (χ0) is 60.1. The van der Waals surface area contributed by atoms with Crippen molar-refractivity contribution in [3.05, 3.63) is 91.0 Å². The number of carbonyl (C=O) groups is 3. The zero-order valence-corrected chi connectivity index (χ0v) is 59.6. The van der Waals surface area contributed by atoms with Gasteiger partial charge in [0.1, 0.15) is 0 Å². The molecule has 81 heavy (non-hydrogen) atoms. The quantitative estimate of drug-likeness (QED) is 0.0238. The van der Waals surface area contributed by atoms with Gasteiger partial charge >= 0.3 is 513 Å². The Morgan fingerprint density at radius 2 is 0.679 bits per heavy atom. The number of aliphatic hydroxyl groups is 3. The van der Waals surface area contributed by atoms with E-state index in [0.29, 0.717) is 36.5 Å². The molecule has 27 heteroatoms. The van der Waals surface area contributed by atoms with Gasteiger partial charge in [0.2, 0.25) is 0 Å². The van der Waals surface area contributed by atoms with Crippen molar-refractivity contribution >= 4 is 34.4 Å². The molecule has 0 amide bonds. The molecule has 3 fully saturated rings. The van der Waals surface area contributed by atoms with Crippen molar-refractivity contribution in [2.24, 2.45) is 0 Å². The normalized spacial score (nSPS) is 25.8. The molecule has 456 valence electrons. The Kier molecular flexibility index (Phi) is 31.2. The Morgan fingerprint density at radius 3 is 0.864 bits per heavy atom. The summed E-state index contributed by atoms with van der Waals surface area (Å²) in [5.74, 6) is 0.877. The van der Waals surface area contributed by atoms with Gasteiger partial charge in [0.05, 0.1) is 0 Å². The molecule has 3 aromatic carbocycles. The van der Waals surface area contributed by atoms with Crippen LogP contribution >= 0.6 is 16.5 Å². The van der Waals surface area contributed by atoms with E-state index in [-0.39, 0.29) is 74.4 Å². The number of rotatable bonds is 27. The van der Waals surface area contributed by atoms with Crippen molar-refractivity contribution in [1.29, 1.82) is 0 Å². The molecule has 3 saturated heterocycles. The first kappa shape index (κ1) is 71.8. The van der Waals surface area contributed by atoms with Gasteiger partial charge in [-0.2, -0.15) is 0 Å². The first-order chi connectivity index (χ1) is 38.0. The van der Waals surface area contributed by atoms with Crippen LogP contribution in [-0.2, 0) is 113 Å². The van der Waals surface area contributed by atoms with Crippen molar-refractivity contribution in [3.8, 4) is 17.2 Å². The third kappa shape index (κ3) is 26.9. The van der Waals surface area contributed by atoms with Crippen LogP contribution in [0.15, 0.2) is 91.0 Å². The molecule has 0 radical (unpaired) electrons. The SMILES string of the molecule is CC(C)OC(=O)[C@@H](C)N[P@@](=[W])(OC[C@H]1O[C@@H](C)C[C@@H]1O)Oc1ccccc1.CC(C)OC(=O)[C@@H](C)N[P@](=[W])(OC[C@H]1O[C@@H](C)C[C@@H]1O)Oc1ccccc1.CC(C)OC(=O)[C@@H](C)N[P](=[W])(OC[C@H]1O[C@@H](C)C[C@@H]1O)Oc1ccccc1. The van der Waals surface area contributed by atoms with Crippen molar-refractivity contribution in [2.75, 3.05) is 19.8 Å². The van der Waals surface area contributed by atoms with E-state index in [9.17, 15) is 29.7 Å². The topological polar surface area (TPSA) is 259 Å². The average molecular weight is 1710 g/mol. The van der Waals surface area contributed by atoms with Crippen LogP contribution < -0.4 is 28.8 Å². The number of benzene rings is 3. The summed E-state index contributed by atoms with van der Waals surface area (Å²) in [6.45, 7) is 22.3. The third-order valence-electron chi connectivity index (χ3n) is 11.5. The monoisotopic (exact) mass is 1710 g/mol. The Labute approximate surface area is 509 Å². The van der Waals surface area contributed by atoms with Crippen molar-refractivity contribution < 1.29 is 142 Å². The number of carbonyl (C=O) groups excluding carboxylic acids is 3. The maximum absolute atomic E-state index is 12.2. The molecule has 3 aliphatic heterocycles. The van der Waals surface area contributed by atoms with Crippen molar-refractivity contribution in [2.45, 2.75) is 194 Å². The first-order valence-electron chi connectivity index (χ1n) is 27.0. The van der Waals surface area contributed by atoms with Crippen molar-refractivity contribution in [1.82, 2.24) is 15.3 Å². The van der Waals surface area contributed by atoms with Crippen LogP contribution in [0.1, 0.15) is 102 Å². The van der Waals surface area contributed by atoms with Gasteiger partial charge in [-0.25, -0.2) is 0 Å². The van der Waals surface area contributed by atoms with E-state index in [0.717, 1.165) is 56.4 Å². The van der Waals surface area contributed by atoms with Gasteiger partial charge in [-0.05, 0) is 0 Å². The summed E-state index contributed by atoms with van der Waals surface area (Å²) in [6.07, 6.45) is -1.77. The molecule has 3 aromatic rings. The van der Waals surface area contributed by atoms with Gasteiger partial charge in [0.25, 0.3) is 0 Å². The van der Waals surface area contributed by atoms with E-state index in [4.69, 9.17) is 55.6 Å². The molecule has 0 aromatic heterocycles. The van der Waals surface area contributed by atoms with E-state index in [1.807, 2.05) is 112 Å². The molecule has 6 rings (SSSR count). The van der Waals surface area contributed by atoms with Crippen LogP contribution in [0.5, 0.6) is 17.2 Å². The van der Waals surface area contributed by atoms with Crippen LogP contribution in [0, 0.1) is 0 Å². The predicted octanol–water partition coefficient (Wildman–Crippen LogP) is 8.32. The molecule has 3 aliphatic rings. The molecule has 0 saturated carbocycles. The number of nitrogens with one attached hydrogen (secondary N) is 3. The van der Waals surface area contributed by atoms with Gasteiger partial charge in [-0.1, -0.05) is 0 Å². The minimum atomic E-state index is -2.60. The summed E-state index contributed by atoms with van der Waals surface area (Å²) in [7, 11) is 0. The van der Waals surface area contributed by atoms with Gasteiger partial charge in [0, 0.05) is 0 Å². The number of hydrogen-bond acceptors (Lipinski definition) is 21. The zero-order valence-electron chi connectivity index (χ0n) is 48.1. The predicted molar refractivity (Wildman–Crippen MR) is 296 cm³/mol. The number of para-hydroxylation sites is 3. The fraction of sp³-hybridized carbons (Fsp3) is 0.611. The average Bonchev–Trinajstić information content (AvgIpc) is 4.04. The van der Waals surface area contributed by atoms with Crippen LogP contribution in [0.3, 0.4) is 0 Å². The minimum absolute atomic E-state index is 0.00604. The molecular weight excluding hydrogens is 1620 g/mol. The number of hydrogen-bond donors (Lipinski definition) is 6. The Balaban J connectivity index is 0.000000261. The third-order valence-corrected chi connectivity index (χ3v) is 25.7. The first-order valence-corrected chi connectivity index (χ1v) is 43.4. The number of aliphatic hydroxyl groups excluding tert-OH is 3. The molecule has 0 aliphatic carbocycles. The van der Waals surface area contributed by atoms with E-state index >= 15 is 0 Å². The standard InChI is InChI=1S/3C18H28NO6P.3W/c3*1-12(2)23-18(21)14(4)19-26(25-15-8-6-5-7-9-15)22-11-17-16(20)10-13(3)24-17;;;/h3*5-9,12-14,16-17,19-20H,10-11H2,1-4H3;;;/t13-,14+,16-,17+,26?;13-,14+,16-,17+,26+;13-,14+,16-,17+,26-;;;/m000.../s1. The summed E-state index contributed by atoms with van der Waals surface area (Å²) in [4.78, 5) is 36.6. The second kappa shape index (κ2) is 35.2. The van der Waals surface area contributed by atoms with Crippen molar-refractivity contribution in [3.63, 3.8) is 0 Å². The summed E-state index contributed by atoms with van der Waals surface area (Å²) in [6, 6.07) is 26.2. The molecule has 0 spiro atoms. The molecule has 3 heterocycles. The van der Waals surface area contributed by atoms with Crippen LogP contribution in [-0.4, -0.2) is 144 Å². The second-order valence-corrected chi connectivity index (χ2v) is 41.1. The Hall–Kier alpha value is -1.66. The summed E-state index contributed by atoms with van der Waals surface area (Å²) in [5.41, 5.74) is -7.81. The molecular formula is C54H84N3O18P3W3. The van der Waals surface area contributed by atoms with E-state index in [2.05, 4.69) is 15.3 Å². The number of esters is 3. The van der Waals surface area contributed by atoms with Crippen LogP contribution in [0.25, 0.3) is 0 Å². The molecule has 6 N–H and O–H groups in total. The van der Waals surface area contributed by atoms with Gasteiger partial charge in [0.15, 0.2) is 0 Å². The van der Waals surface area contributed by atoms with E-state index in [1.165, 1.54) is 0 Å². The van der Waals surface area contributed by atoms with Crippen LogP contribution in [0.4, 0.5) is 0 Å². The van der Waals surface area contributed by atoms with E-state index < -0.39 is 71.3 Å². The summed E-state index contributed by atoms with van der Waals surface area (Å²) < 4.78 is 69.5.